The molecule has 0 amide bonds. The summed E-state index contributed by atoms with van der Waals surface area (Å²) < 4.78 is 80.5. The molecule has 0 spiro atoms. The van der Waals surface area contributed by atoms with Crippen LogP contribution in [0.15, 0.2) is 42.5 Å². The lowest BCUT2D eigenvalue weighted by molar-refractivity contribution is 0.107. The largest absolute Gasteiger partial charge is 0.508 e. The van der Waals surface area contributed by atoms with Gasteiger partial charge in [0.25, 0.3) is 6.08 Å². The molecule has 6 heterocycles. The lowest BCUT2D eigenvalue weighted by Crippen LogP contribution is -2.52. The van der Waals surface area contributed by atoms with E-state index in [9.17, 15) is 22.7 Å². The first-order valence-corrected chi connectivity index (χ1v) is 17.0. The van der Waals surface area contributed by atoms with E-state index in [-0.39, 0.29) is 74.6 Å². The van der Waals surface area contributed by atoms with Crippen molar-refractivity contribution in [2.24, 2.45) is 5.92 Å². The molecule has 5 saturated heterocycles. The van der Waals surface area contributed by atoms with E-state index in [1.54, 1.807) is 0 Å². The van der Waals surface area contributed by atoms with Crippen LogP contribution in [-0.4, -0.2) is 76.6 Å². The minimum atomic E-state index is -1.81. The number of alkyl halides is 1. The first-order chi connectivity index (χ1) is 24.0. The highest BCUT2D eigenvalue weighted by Crippen LogP contribution is 2.45. The number of ether oxygens (including phenoxy) is 1. The Labute approximate surface area is 290 Å². The van der Waals surface area contributed by atoms with Gasteiger partial charge >= 0.3 is 6.01 Å². The molecular formula is C37H33ClF5N5O2. The van der Waals surface area contributed by atoms with Crippen molar-refractivity contribution in [2.75, 3.05) is 44.2 Å². The molecule has 5 aliphatic heterocycles. The highest BCUT2D eigenvalue weighted by atomic mass is 35.5. The molecule has 0 saturated carbocycles. The fraction of sp³-hybridized carbons (Fsp3) is 0.405. The predicted molar refractivity (Wildman–Crippen MR) is 182 cm³/mol. The molecule has 0 radical (unpaired) electrons. The number of rotatable bonds is 6. The Morgan fingerprint density at radius 3 is 2.78 bits per heavy atom. The van der Waals surface area contributed by atoms with Crippen molar-refractivity contribution in [3.8, 4) is 35.2 Å². The molecule has 2 N–H and O–H groups in total. The van der Waals surface area contributed by atoms with E-state index in [4.69, 9.17) is 27.7 Å². The first kappa shape index (κ1) is 33.0. The quantitative estimate of drug-likeness (QED) is 0.160. The lowest BCUT2D eigenvalue weighted by Gasteiger charge is -2.35. The van der Waals surface area contributed by atoms with Gasteiger partial charge in [-0.15, -0.1) is 6.42 Å². The first-order valence-electron chi connectivity index (χ1n) is 16.7. The van der Waals surface area contributed by atoms with Gasteiger partial charge in [0.15, 0.2) is 5.82 Å². The summed E-state index contributed by atoms with van der Waals surface area (Å²) in [4.78, 5) is 13.2. The average molecular weight is 710 g/mol. The molecule has 4 aromatic rings. The fourth-order valence-electron chi connectivity index (χ4n) is 8.67. The molecule has 9 rings (SSSR count). The number of nitrogens with one attached hydrogen (secondary N) is 1. The highest BCUT2D eigenvalue weighted by Gasteiger charge is 2.49. The normalized spacial score (nSPS) is 26.3. The molecule has 0 aliphatic carbocycles. The Hall–Kier alpha value is -4.18. The van der Waals surface area contributed by atoms with Crippen molar-refractivity contribution in [1.82, 2.24) is 20.2 Å². The van der Waals surface area contributed by atoms with Crippen LogP contribution in [0.25, 0.3) is 32.8 Å². The molecule has 1 aromatic heterocycles. The number of aromatic hydroxyl groups is 1. The van der Waals surface area contributed by atoms with Crippen molar-refractivity contribution < 1.29 is 31.8 Å². The van der Waals surface area contributed by atoms with Crippen molar-refractivity contribution in [1.29, 1.82) is 0 Å². The summed E-state index contributed by atoms with van der Waals surface area (Å²) in [5.74, 6) is 0.854. The van der Waals surface area contributed by atoms with Gasteiger partial charge in [-0.1, -0.05) is 23.6 Å². The van der Waals surface area contributed by atoms with Gasteiger partial charge in [-0.3, -0.25) is 4.90 Å². The fourth-order valence-corrected chi connectivity index (χ4v) is 8.96. The molecule has 4 atom stereocenters. The number of aromatic nitrogens is 2. The SMILES string of the molecule is C#Cc1c(F)ccc2cc(O)cc(-c3c(Cl)cc4c(N5C[C@@H]6CC[C@@](C=C(F)F)(C5)NC6)nc(OCC56CCCN5C[C@H](F)C6)nc4c3F)c12. The number of fused-ring (bicyclic) bond motifs is 7. The third-order valence-corrected chi connectivity index (χ3v) is 11.2. The molecule has 7 nitrogen and oxygen atoms in total. The Morgan fingerprint density at radius 1 is 1.18 bits per heavy atom. The van der Waals surface area contributed by atoms with E-state index in [1.165, 1.54) is 30.3 Å². The van der Waals surface area contributed by atoms with Gasteiger partial charge in [-0.25, -0.2) is 13.2 Å². The minimum absolute atomic E-state index is 0.0550. The summed E-state index contributed by atoms with van der Waals surface area (Å²) in [5.41, 5.74) is -2.02. The zero-order valence-corrected chi connectivity index (χ0v) is 27.6. The van der Waals surface area contributed by atoms with E-state index in [0.29, 0.717) is 44.3 Å². The monoisotopic (exact) mass is 709 g/mol. The van der Waals surface area contributed by atoms with Gasteiger partial charge in [-0.05, 0) is 73.4 Å². The smallest absolute Gasteiger partial charge is 0.319 e. The maximum Gasteiger partial charge on any atom is 0.319 e. The number of phenols is 1. The summed E-state index contributed by atoms with van der Waals surface area (Å²) in [6.07, 6.45) is 6.90. The summed E-state index contributed by atoms with van der Waals surface area (Å²) in [5, 5.41) is 14.6. The number of hydrogen-bond acceptors (Lipinski definition) is 7. The van der Waals surface area contributed by atoms with Gasteiger partial charge in [0.1, 0.15) is 35.7 Å². The number of anilines is 1. The topological polar surface area (TPSA) is 73.8 Å². The third-order valence-electron chi connectivity index (χ3n) is 10.9. The zero-order chi connectivity index (χ0) is 34.9. The van der Waals surface area contributed by atoms with E-state index < -0.39 is 35.0 Å². The third kappa shape index (κ3) is 5.50. The zero-order valence-electron chi connectivity index (χ0n) is 26.9. The van der Waals surface area contributed by atoms with Crippen LogP contribution in [0, 0.1) is 29.9 Å². The maximum atomic E-state index is 17.2. The number of halogens is 6. The van der Waals surface area contributed by atoms with Gasteiger partial charge in [-0.2, -0.15) is 18.7 Å². The maximum absolute atomic E-state index is 17.2. The van der Waals surface area contributed by atoms with Crippen LogP contribution in [0.2, 0.25) is 5.02 Å². The second-order valence-electron chi connectivity index (χ2n) is 14.1. The standard InChI is InChI=1S/C37H33ClF5N5O2/c1-2-24-28(40)5-4-21-10-23(49)11-25(30(21)24)31-27(38)12-26-33(32(31)43)45-35(50-19-37-7-3-9-48(37)17-22(39)13-37)46-34(26)47-16-20-6-8-36(18-47,44-15-20)14-29(41)42/h1,4-5,10-12,14,20,22,44,49H,3,6-9,13,15-19H2/t20-,22-,36-,37?/m1/s1. The van der Waals surface area contributed by atoms with Gasteiger partial charge < -0.3 is 20.1 Å². The predicted octanol–water partition coefficient (Wildman–Crippen LogP) is 7.36. The molecule has 5 aliphatic rings. The van der Waals surface area contributed by atoms with E-state index in [1.807, 2.05) is 4.90 Å². The Bertz CT molecular complexity index is 2110. The van der Waals surface area contributed by atoms with Crippen LogP contribution in [0.5, 0.6) is 11.8 Å². The molecule has 1 unspecified atom stereocenters. The molecule has 260 valence electrons. The summed E-state index contributed by atoms with van der Waals surface area (Å²) >= 11 is 6.87. The molecule has 3 aromatic carbocycles. The number of hydrogen-bond donors (Lipinski definition) is 2. The van der Waals surface area contributed by atoms with Gasteiger partial charge in [0.2, 0.25) is 0 Å². The summed E-state index contributed by atoms with van der Waals surface area (Å²) in [6.45, 7) is 2.18. The Kier molecular flexibility index (Phi) is 8.08. The molecule has 2 bridgehead atoms. The summed E-state index contributed by atoms with van der Waals surface area (Å²) in [6, 6.07) is 6.57. The van der Waals surface area contributed by atoms with Crippen LogP contribution in [-0.2, 0) is 0 Å². The van der Waals surface area contributed by atoms with Crippen molar-refractivity contribution >= 4 is 39.1 Å². The molecule has 13 heteroatoms. The number of terminal acetylenes is 1. The van der Waals surface area contributed by atoms with E-state index in [2.05, 4.69) is 21.1 Å². The second-order valence-corrected chi connectivity index (χ2v) is 14.5. The van der Waals surface area contributed by atoms with Crippen molar-refractivity contribution in [3.63, 3.8) is 0 Å². The number of nitrogens with zero attached hydrogens (tertiary/aromatic N) is 4. The average Bonchev–Trinajstić information content (AvgIpc) is 3.46. The number of piperidine rings is 1. The summed E-state index contributed by atoms with van der Waals surface area (Å²) in [7, 11) is 0. The highest BCUT2D eigenvalue weighted by molar-refractivity contribution is 6.35. The van der Waals surface area contributed by atoms with Crippen LogP contribution < -0.4 is 15.0 Å². The van der Waals surface area contributed by atoms with Crippen LogP contribution in [0.1, 0.15) is 37.7 Å². The minimum Gasteiger partial charge on any atom is -0.508 e. The van der Waals surface area contributed by atoms with Gasteiger partial charge in [0, 0.05) is 55.0 Å². The van der Waals surface area contributed by atoms with E-state index in [0.717, 1.165) is 25.5 Å². The van der Waals surface area contributed by atoms with E-state index >= 15 is 4.39 Å². The second kappa shape index (κ2) is 12.2. The lowest BCUT2D eigenvalue weighted by atomic mass is 9.86. The molecule has 50 heavy (non-hydrogen) atoms. The molecular weight excluding hydrogens is 677 g/mol. The van der Waals surface area contributed by atoms with Gasteiger partial charge in [0.05, 0.1) is 21.7 Å². The van der Waals surface area contributed by atoms with Crippen LogP contribution in [0.3, 0.4) is 0 Å². The number of benzene rings is 3. The Balaban J connectivity index is 1.32. The van der Waals surface area contributed by atoms with Crippen molar-refractivity contribution in [3.05, 3.63) is 64.7 Å². The number of phenolic OH excluding ortho intramolecular Hbond substituents is 1. The van der Waals surface area contributed by atoms with Crippen molar-refractivity contribution in [2.45, 2.75) is 49.4 Å². The Morgan fingerprint density at radius 2 is 2.02 bits per heavy atom. The molecule has 5 fully saturated rings. The van der Waals surface area contributed by atoms with Crippen LogP contribution >= 0.6 is 11.6 Å². The van der Waals surface area contributed by atoms with Crippen LogP contribution in [0.4, 0.5) is 27.8 Å².